The van der Waals surface area contributed by atoms with E-state index in [2.05, 4.69) is 49.5 Å². The molecule has 5 nitrogen and oxygen atoms in total. The molecule has 15 heavy (non-hydrogen) atoms. The van der Waals surface area contributed by atoms with Crippen molar-refractivity contribution in [1.82, 2.24) is 19.4 Å². The van der Waals surface area contributed by atoms with Gasteiger partial charge in [-0.15, -0.1) is 5.10 Å². The van der Waals surface area contributed by atoms with E-state index >= 15 is 0 Å². The van der Waals surface area contributed by atoms with Gasteiger partial charge in [-0.25, -0.2) is 0 Å². The van der Waals surface area contributed by atoms with Gasteiger partial charge in [0, 0.05) is 24.3 Å². The Bertz CT molecular complexity index is 438. The fraction of sp³-hybridized carbons (Fsp3) is 0.375. The molecule has 0 saturated carbocycles. The topological polar surface area (TPSA) is 55.6 Å². The molecule has 2 aromatic heterocycles. The molecular formula is C8H10IN5S. The van der Waals surface area contributed by atoms with Crippen molar-refractivity contribution in [3.05, 3.63) is 21.7 Å². The fourth-order valence-corrected chi connectivity index (χ4v) is 2.27. The summed E-state index contributed by atoms with van der Waals surface area (Å²) >= 11 is 3.62. The number of nitrogens with zero attached hydrogens (tertiary/aromatic N) is 4. The first kappa shape index (κ1) is 10.8. The molecular weight excluding hydrogens is 325 g/mol. The molecule has 2 aromatic rings. The molecule has 0 radical (unpaired) electrons. The van der Waals surface area contributed by atoms with Crippen molar-refractivity contribution in [2.75, 3.05) is 11.9 Å². The molecule has 0 bridgehead atoms. The Hall–Kier alpha value is -0.700. The van der Waals surface area contributed by atoms with E-state index in [9.17, 15) is 0 Å². The van der Waals surface area contributed by atoms with Gasteiger partial charge in [-0.2, -0.15) is 5.10 Å². The maximum absolute atomic E-state index is 4.21. The van der Waals surface area contributed by atoms with Crippen LogP contribution in [0, 0.1) is 3.57 Å². The minimum absolute atomic E-state index is 0.668. The summed E-state index contributed by atoms with van der Waals surface area (Å²) in [5.74, 6) is 0. The molecule has 0 unspecified atom stereocenters. The highest BCUT2D eigenvalue weighted by Gasteiger charge is 2.07. The van der Waals surface area contributed by atoms with Gasteiger partial charge in [0.2, 0.25) is 0 Å². The van der Waals surface area contributed by atoms with Crippen molar-refractivity contribution >= 4 is 39.1 Å². The zero-order valence-corrected chi connectivity index (χ0v) is 11.1. The van der Waals surface area contributed by atoms with Crippen molar-refractivity contribution in [3.8, 4) is 0 Å². The van der Waals surface area contributed by atoms with Gasteiger partial charge in [0.15, 0.2) is 0 Å². The SMILES string of the molecule is CCNc1snnc1Cn1cc(I)cn1. The Balaban J connectivity index is 2.13. The van der Waals surface area contributed by atoms with E-state index in [0.717, 1.165) is 20.8 Å². The van der Waals surface area contributed by atoms with Crippen LogP contribution in [0.25, 0.3) is 0 Å². The number of rotatable bonds is 4. The predicted molar refractivity (Wildman–Crippen MR) is 68.1 cm³/mol. The summed E-state index contributed by atoms with van der Waals surface area (Å²) in [5, 5.41) is 12.6. The largest absolute Gasteiger partial charge is 0.374 e. The minimum atomic E-state index is 0.668. The standard InChI is InChI=1S/C8H10IN5S/c1-2-10-8-7(12-13-15-8)5-14-4-6(9)3-11-14/h3-4,10H,2,5H2,1H3. The highest BCUT2D eigenvalue weighted by molar-refractivity contribution is 14.1. The third-order valence-electron chi connectivity index (χ3n) is 1.81. The number of hydrogen-bond donors (Lipinski definition) is 1. The van der Waals surface area contributed by atoms with Crippen LogP contribution in [0.2, 0.25) is 0 Å². The summed E-state index contributed by atoms with van der Waals surface area (Å²) in [7, 11) is 0. The maximum atomic E-state index is 4.21. The quantitative estimate of drug-likeness (QED) is 0.866. The Kier molecular flexibility index (Phi) is 3.52. The van der Waals surface area contributed by atoms with Crippen LogP contribution in [-0.4, -0.2) is 25.9 Å². The second-order valence-corrected chi connectivity index (χ2v) is 4.93. The Labute approximate surface area is 105 Å². The van der Waals surface area contributed by atoms with Crippen LogP contribution in [-0.2, 0) is 6.54 Å². The number of nitrogens with one attached hydrogen (secondary N) is 1. The molecule has 0 amide bonds. The lowest BCUT2D eigenvalue weighted by Crippen LogP contribution is -2.04. The summed E-state index contributed by atoms with van der Waals surface area (Å²) in [6, 6.07) is 0. The summed E-state index contributed by atoms with van der Waals surface area (Å²) in [6.45, 7) is 3.61. The molecule has 0 atom stereocenters. The Morgan fingerprint density at radius 1 is 1.60 bits per heavy atom. The first-order valence-corrected chi connectivity index (χ1v) is 6.38. The van der Waals surface area contributed by atoms with Crippen molar-refractivity contribution in [2.45, 2.75) is 13.5 Å². The summed E-state index contributed by atoms with van der Waals surface area (Å²) in [5.41, 5.74) is 0.946. The van der Waals surface area contributed by atoms with Gasteiger partial charge in [0.25, 0.3) is 0 Å². The summed E-state index contributed by atoms with van der Waals surface area (Å²) in [4.78, 5) is 0. The molecule has 2 rings (SSSR count). The van der Waals surface area contributed by atoms with Gasteiger partial charge in [-0.1, -0.05) is 4.49 Å². The molecule has 7 heteroatoms. The number of anilines is 1. The molecule has 0 saturated heterocycles. The van der Waals surface area contributed by atoms with Crippen LogP contribution in [0.4, 0.5) is 5.00 Å². The molecule has 80 valence electrons. The van der Waals surface area contributed by atoms with Crippen LogP contribution in [0.15, 0.2) is 12.4 Å². The molecule has 0 spiro atoms. The Morgan fingerprint density at radius 2 is 2.47 bits per heavy atom. The van der Waals surface area contributed by atoms with E-state index in [0.29, 0.717) is 6.54 Å². The monoisotopic (exact) mass is 335 g/mol. The molecule has 0 aromatic carbocycles. The zero-order valence-electron chi connectivity index (χ0n) is 8.14. The highest BCUT2D eigenvalue weighted by atomic mass is 127. The fourth-order valence-electron chi connectivity index (χ4n) is 1.19. The van der Waals surface area contributed by atoms with Crippen LogP contribution in [0.5, 0.6) is 0 Å². The molecule has 0 aliphatic heterocycles. The van der Waals surface area contributed by atoms with Crippen LogP contribution < -0.4 is 5.32 Å². The van der Waals surface area contributed by atoms with E-state index < -0.39 is 0 Å². The second kappa shape index (κ2) is 4.88. The van der Waals surface area contributed by atoms with E-state index in [1.807, 2.05) is 17.1 Å². The normalized spacial score (nSPS) is 10.5. The molecule has 0 aliphatic rings. The summed E-state index contributed by atoms with van der Waals surface area (Å²) in [6.07, 6.45) is 3.81. The average molecular weight is 335 g/mol. The van der Waals surface area contributed by atoms with Crippen molar-refractivity contribution in [1.29, 1.82) is 0 Å². The van der Waals surface area contributed by atoms with E-state index in [4.69, 9.17) is 0 Å². The van der Waals surface area contributed by atoms with Crippen molar-refractivity contribution < 1.29 is 0 Å². The third-order valence-corrected chi connectivity index (χ3v) is 3.09. The lowest BCUT2D eigenvalue weighted by Gasteiger charge is -2.01. The zero-order chi connectivity index (χ0) is 10.7. The van der Waals surface area contributed by atoms with E-state index in [1.165, 1.54) is 11.5 Å². The maximum Gasteiger partial charge on any atom is 0.135 e. The van der Waals surface area contributed by atoms with Gasteiger partial charge in [0.1, 0.15) is 10.7 Å². The Morgan fingerprint density at radius 3 is 3.13 bits per heavy atom. The van der Waals surface area contributed by atoms with Gasteiger partial charge >= 0.3 is 0 Å². The summed E-state index contributed by atoms with van der Waals surface area (Å²) < 4.78 is 6.92. The van der Waals surface area contributed by atoms with Crippen LogP contribution >= 0.6 is 34.1 Å². The molecule has 2 heterocycles. The third kappa shape index (κ3) is 2.65. The molecule has 0 aliphatic carbocycles. The average Bonchev–Trinajstić information content (AvgIpc) is 2.78. The number of hydrogen-bond acceptors (Lipinski definition) is 5. The van der Waals surface area contributed by atoms with Crippen molar-refractivity contribution in [2.24, 2.45) is 0 Å². The lowest BCUT2D eigenvalue weighted by molar-refractivity contribution is 0.671. The van der Waals surface area contributed by atoms with E-state index in [1.54, 1.807) is 0 Å². The highest BCUT2D eigenvalue weighted by Crippen LogP contribution is 2.18. The first-order valence-electron chi connectivity index (χ1n) is 4.52. The lowest BCUT2D eigenvalue weighted by atomic mass is 10.4. The number of aromatic nitrogens is 4. The van der Waals surface area contributed by atoms with Gasteiger partial charge < -0.3 is 5.32 Å². The van der Waals surface area contributed by atoms with Crippen LogP contribution in [0.3, 0.4) is 0 Å². The van der Waals surface area contributed by atoms with Crippen molar-refractivity contribution in [3.63, 3.8) is 0 Å². The second-order valence-electron chi connectivity index (χ2n) is 2.94. The minimum Gasteiger partial charge on any atom is -0.374 e. The van der Waals surface area contributed by atoms with Crippen LogP contribution in [0.1, 0.15) is 12.6 Å². The first-order chi connectivity index (χ1) is 7.29. The number of halogens is 1. The van der Waals surface area contributed by atoms with Gasteiger partial charge in [-0.05, 0) is 29.5 Å². The molecule has 1 N–H and O–H groups in total. The van der Waals surface area contributed by atoms with E-state index in [-0.39, 0.29) is 0 Å². The van der Waals surface area contributed by atoms with Gasteiger partial charge in [-0.3, -0.25) is 4.68 Å². The predicted octanol–water partition coefficient (Wildman–Crippen LogP) is 1.82. The molecule has 0 fully saturated rings. The smallest absolute Gasteiger partial charge is 0.135 e. The van der Waals surface area contributed by atoms with Gasteiger partial charge in [0.05, 0.1) is 16.3 Å².